The maximum atomic E-state index is 13.4. The van der Waals surface area contributed by atoms with Crippen molar-refractivity contribution in [2.45, 2.75) is 84.0 Å². The van der Waals surface area contributed by atoms with Crippen LogP contribution in [-0.2, 0) is 6.54 Å². The third-order valence-electron chi connectivity index (χ3n) is 7.82. The molecule has 3 aliphatic rings. The zero-order valence-corrected chi connectivity index (χ0v) is 22.5. The molecule has 1 aliphatic carbocycles. The van der Waals surface area contributed by atoms with E-state index in [1.54, 1.807) is 10.7 Å². The van der Waals surface area contributed by atoms with Gasteiger partial charge in [-0.2, -0.15) is 5.10 Å². The van der Waals surface area contributed by atoms with Crippen molar-refractivity contribution in [3.8, 4) is 0 Å². The number of nitrogens with zero attached hydrogens (tertiary/aromatic N) is 5. The Labute approximate surface area is 216 Å². The summed E-state index contributed by atoms with van der Waals surface area (Å²) in [6.07, 6.45) is 7.76. The first-order valence-electron chi connectivity index (χ1n) is 14.1. The number of carbonyl (C=O) groups is 2. The van der Waals surface area contributed by atoms with Gasteiger partial charge in [-0.15, -0.1) is 0 Å². The van der Waals surface area contributed by atoms with Crippen LogP contribution >= 0.6 is 0 Å². The highest BCUT2D eigenvalue weighted by Gasteiger charge is 2.43. The topological polar surface area (TPSA) is 97.8 Å². The fraction of sp³-hybridized carbons (Fsp3) is 0.808. The molecule has 1 aromatic heterocycles. The molecular weight excluding hydrogens is 456 g/mol. The molecule has 3 heterocycles. The number of aromatic nitrogens is 2. The molecule has 1 saturated heterocycles. The van der Waals surface area contributed by atoms with Crippen LogP contribution in [0, 0.1) is 0 Å². The number of amides is 2. The summed E-state index contributed by atoms with van der Waals surface area (Å²) >= 11 is 0. The van der Waals surface area contributed by atoms with E-state index in [0.29, 0.717) is 37.1 Å². The number of nitrogens with one attached hydrogen (secondary N) is 3. The van der Waals surface area contributed by atoms with E-state index in [4.69, 9.17) is 0 Å². The van der Waals surface area contributed by atoms with E-state index in [9.17, 15) is 9.59 Å². The molecule has 3 N–H and O–H groups in total. The first-order chi connectivity index (χ1) is 17.4. The SMILES string of the molecule is CCCN1CCN(CCCNC(=O)c2cc3n(n2)CC(C)(NNC2CCCC2)N(CCC)C3=O)CC1. The molecule has 1 saturated carbocycles. The predicted octanol–water partition coefficient (Wildman–Crippen LogP) is 1.65. The lowest BCUT2D eigenvalue weighted by Gasteiger charge is -2.45. The van der Waals surface area contributed by atoms with Crippen molar-refractivity contribution in [2.24, 2.45) is 0 Å². The van der Waals surface area contributed by atoms with Gasteiger partial charge in [0, 0.05) is 51.4 Å². The van der Waals surface area contributed by atoms with E-state index in [-0.39, 0.29) is 11.8 Å². The van der Waals surface area contributed by atoms with Gasteiger partial charge in [-0.1, -0.05) is 26.7 Å². The molecule has 36 heavy (non-hydrogen) atoms. The highest BCUT2D eigenvalue weighted by Crippen LogP contribution is 2.26. The average molecular weight is 503 g/mol. The van der Waals surface area contributed by atoms with Crippen LogP contribution in [0.15, 0.2) is 6.07 Å². The third kappa shape index (κ3) is 6.45. The highest BCUT2D eigenvalue weighted by molar-refractivity contribution is 5.98. The Hall–Kier alpha value is -2.01. The highest BCUT2D eigenvalue weighted by atomic mass is 16.2. The molecule has 0 radical (unpaired) electrons. The number of piperazine rings is 1. The molecule has 1 aromatic rings. The monoisotopic (exact) mass is 502 g/mol. The van der Waals surface area contributed by atoms with E-state index in [2.05, 4.69) is 44.9 Å². The summed E-state index contributed by atoms with van der Waals surface area (Å²) in [6, 6.07) is 2.08. The van der Waals surface area contributed by atoms with Crippen LogP contribution in [0.1, 0.15) is 86.7 Å². The quantitative estimate of drug-likeness (QED) is 0.295. The Bertz CT molecular complexity index is 875. The predicted molar refractivity (Wildman–Crippen MR) is 141 cm³/mol. The van der Waals surface area contributed by atoms with Gasteiger partial charge in [0.05, 0.1) is 6.54 Å². The molecule has 10 heteroatoms. The first-order valence-corrected chi connectivity index (χ1v) is 14.1. The molecule has 4 rings (SSSR count). The fourth-order valence-corrected chi connectivity index (χ4v) is 5.71. The van der Waals surface area contributed by atoms with Crippen molar-refractivity contribution in [1.29, 1.82) is 0 Å². The van der Waals surface area contributed by atoms with Crippen LogP contribution in [0.4, 0.5) is 0 Å². The lowest BCUT2D eigenvalue weighted by Crippen LogP contribution is -2.68. The number of fused-ring (bicyclic) bond motifs is 1. The second-order valence-corrected chi connectivity index (χ2v) is 10.8. The second kappa shape index (κ2) is 12.5. The van der Waals surface area contributed by atoms with Crippen LogP contribution in [0.5, 0.6) is 0 Å². The van der Waals surface area contributed by atoms with E-state index in [1.165, 1.54) is 25.8 Å². The summed E-state index contributed by atoms with van der Waals surface area (Å²) < 4.78 is 1.70. The molecule has 1 atom stereocenters. The normalized spacial score (nSPS) is 23.9. The van der Waals surface area contributed by atoms with Gasteiger partial charge in [0.1, 0.15) is 11.4 Å². The Kier molecular flexibility index (Phi) is 9.38. The number of rotatable bonds is 12. The zero-order chi connectivity index (χ0) is 25.5. The van der Waals surface area contributed by atoms with Crippen molar-refractivity contribution in [1.82, 2.24) is 40.6 Å². The maximum Gasteiger partial charge on any atom is 0.273 e. The molecule has 1 unspecified atom stereocenters. The standard InChI is InChI=1S/C26H46N8O2/c1-4-12-31-15-17-32(18-16-31)14-8-11-27-24(35)22-19-23-25(36)33(13-5-2)26(3,20-34(23)29-22)30-28-21-9-6-7-10-21/h19,21,28,30H,4-18,20H2,1-3H3,(H,27,35). The smallest absolute Gasteiger partial charge is 0.273 e. The van der Waals surface area contributed by atoms with E-state index < -0.39 is 5.66 Å². The van der Waals surface area contributed by atoms with Crippen molar-refractivity contribution in [3.05, 3.63) is 17.5 Å². The van der Waals surface area contributed by atoms with Gasteiger partial charge in [-0.05, 0) is 52.1 Å². The van der Waals surface area contributed by atoms with Gasteiger partial charge < -0.3 is 20.0 Å². The van der Waals surface area contributed by atoms with E-state index in [1.807, 2.05) is 11.8 Å². The third-order valence-corrected chi connectivity index (χ3v) is 7.82. The van der Waals surface area contributed by atoms with Crippen molar-refractivity contribution >= 4 is 11.8 Å². The van der Waals surface area contributed by atoms with Gasteiger partial charge in [0.25, 0.3) is 11.8 Å². The summed E-state index contributed by atoms with van der Waals surface area (Å²) in [5.41, 5.74) is 7.11. The largest absolute Gasteiger partial charge is 0.351 e. The Balaban J connectivity index is 1.30. The molecule has 202 valence electrons. The minimum Gasteiger partial charge on any atom is -0.351 e. The first kappa shape index (κ1) is 27.0. The summed E-state index contributed by atoms with van der Waals surface area (Å²) in [7, 11) is 0. The maximum absolute atomic E-state index is 13.4. The second-order valence-electron chi connectivity index (χ2n) is 10.8. The molecule has 2 amide bonds. The molecular formula is C26H46N8O2. The molecule has 2 fully saturated rings. The summed E-state index contributed by atoms with van der Waals surface area (Å²) in [4.78, 5) is 33.1. The average Bonchev–Trinajstić information content (AvgIpc) is 3.55. The lowest BCUT2D eigenvalue weighted by atomic mass is 10.1. The Morgan fingerprint density at radius 3 is 2.39 bits per heavy atom. The van der Waals surface area contributed by atoms with Gasteiger partial charge in [0.15, 0.2) is 5.69 Å². The van der Waals surface area contributed by atoms with E-state index in [0.717, 1.165) is 58.4 Å². The number of hydrogen-bond donors (Lipinski definition) is 3. The minimum absolute atomic E-state index is 0.0833. The fourth-order valence-electron chi connectivity index (χ4n) is 5.71. The molecule has 0 aromatic carbocycles. The van der Waals surface area contributed by atoms with Gasteiger partial charge >= 0.3 is 0 Å². The van der Waals surface area contributed by atoms with Gasteiger partial charge in [-0.25, -0.2) is 5.43 Å². The van der Waals surface area contributed by atoms with Crippen LogP contribution in [-0.4, -0.2) is 100 Å². The van der Waals surface area contributed by atoms with Crippen molar-refractivity contribution < 1.29 is 9.59 Å². The van der Waals surface area contributed by atoms with Crippen LogP contribution in [0.3, 0.4) is 0 Å². The molecule has 10 nitrogen and oxygen atoms in total. The molecule has 0 bridgehead atoms. The lowest BCUT2D eigenvalue weighted by molar-refractivity contribution is 0.0126. The van der Waals surface area contributed by atoms with Crippen molar-refractivity contribution in [3.63, 3.8) is 0 Å². The number of hydrazine groups is 1. The van der Waals surface area contributed by atoms with Gasteiger partial charge in [-0.3, -0.25) is 19.7 Å². The van der Waals surface area contributed by atoms with Crippen LogP contribution in [0.25, 0.3) is 0 Å². The van der Waals surface area contributed by atoms with Crippen molar-refractivity contribution in [2.75, 3.05) is 52.4 Å². The molecule has 2 aliphatic heterocycles. The number of hydrogen-bond acceptors (Lipinski definition) is 7. The van der Waals surface area contributed by atoms with Crippen LogP contribution < -0.4 is 16.2 Å². The van der Waals surface area contributed by atoms with Crippen LogP contribution in [0.2, 0.25) is 0 Å². The number of carbonyl (C=O) groups excluding carboxylic acids is 2. The molecule has 0 spiro atoms. The summed E-state index contributed by atoms with van der Waals surface area (Å²) in [6.45, 7) is 14.7. The Morgan fingerprint density at radius 1 is 1.06 bits per heavy atom. The van der Waals surface area contributed by atoms with Gasteiger partial charge in [0.2, 0.25) is 0 Å². The Morgan fingerprint density at radius 2 is 1.72 bits per heavy atom. The summed E-state index contributed by atoms with van der Waals surface area (Å²) in [5.74, 6) is -0.293. The minimum atomic E-state index is -0.608. The summed E-state index contributed by atoms with van der Waals surface area (Å²) in [5, 5.41) is 7.54. The van der Waals surface area contributed by atoms with E-state index >= 15 is 0 Å². The zero-order valence-electron chi connectivity index (χ0n) is 22.5.